The first-order valence-electron chi connectivity index (χ1n) is 39.9. The molecular formula is C73H120O39. The molecule has 14 fully saturated rings. The SMILES string of the molecule is C[C@@H]1CC[C@@]2(OC1)O[C@H]1C[C@H]3[C@@H]4CC[C@H]5C[C@@H](O[C@@H]6O[C@H](CO[C@@H]7O[C@@H](C)[C@H](O)[C@@H](O)[C@H]7O)[C@H](O)[C@H](O)[C@H]6O[C@@H]6O[C@H](CO)[C@@H](O)[C@H](O[C@@H]7OC[C@H](O)[C@H](O[C@@H]8O[C@H](CO)[C@@H](O[C@@H]9O[C@@H](C)[C@H](O)[C@@H](O)[C@H]9O)[C@H](O[C@@H]9O[C@H](CO)[C@@H](O)[C@H](O)[C@H]9O)[C@H]8O)[C@H]7O)[C@H]6O[C@@H]6OC[C@@H](O)[C@H](O)[C@H]6O)CC[C@]5(C)[C@H]4CC[C@]3(C)[C@H]1[C@@H]2C. The first-order valence-corrected chi connectivity index (χ1v) is 39.9. The van der Waals surface area contributed by atoms with Crippen LogP contribution in [0.25, 0.3) is 0 Å². The van der Waals surface area contributed by atoms with Gasteiger partial charge >= 0.3 is 0 Å². The molecule has 14 rings (SSSR count). The van der Waals surface area contributed by atoms with Crippen LogP contribution in [0.4, 0.5) is 0 Å². The van der Waals surface area contributed by atoms with E-state index in [1.165, 1.54) is 13.8 Å². The predicted molar refractivity (Wildman–Crippen MR) is 364 cm³/mol. The molecule has 112 heavy (non-hydrogen) atoms. The predicted octanol–water partition coefficient (Wildman–Crippen LogP) is -8.28. The van der Waals surface area contributed by atoms with E-state index in [2.05, 4.69) is 27.7 Å². The van der Waals surface area contributed by atoms with Crippen LogP contribution in [-0.2, 0) is 85.3 Å². The summed E-state index contributed by atoms with van der Waals surface area (Å²) in [4.78, 5) is 0. The fourth-order valence-corrected chi connectivity index (χ4v) is 21.3. The van der Waals surface area contributed by atoms with Crippen molar-refractivity contribution in [2.75, 3.05) is 46.2 Å². The van der Waals surface area contributed by atoms with Gasteiger partial charge in [-0.25, -0.2) is 0 Å². The quantitative estimate of drug-likeness (QED) is 0.0503. The summed E-state index contributed by atoms with van der Waals surface area (Å²) in [6, 6.07) is 0. The first-order chi connectivity index (χ1) is 53.1. The lowest BCUT2D eigenvalue weighted by Gasteiger charge is -2.61. The molecule has 10 aliphatic heterocycles. The molecule has 4 saturated carbocycles. The van der Waals surface area contributed by atoms with Crippen molar-refractivity contribution >= 4 is 0 Å². The Morgan fingerprint density at radius 3 is 1.53 bits per heavy atom. The Balaban J connectivity index is 0.722. The number of hydrogen-bond donors (Lipinski definition) is 21. The summed E-state index contributed by atoms with van der Waals surface area (Å²) in [7, 11) is 0. The van der Waals surface area contributed by atoms with E-state index in [0.29, 0.717) is 49.0 Å². The van der Waals surface area contributed by atoms with Crippen LogP contribution in [0.2, 0.25) is 0 Å². The van der Waals surface area contributed by atoms with E-state index in [4.69, 9.17) is 85.3 Å². The molecular weight excluding hydrogens is 1500 g/mol. The van der Waals surface area contributed by atoms with Gasteiger partial charge in [0, 0.05) is 12.3 Å². The molecule has 10 heterocycles. The summed E-state index contributed by atoms with van der Waals surface area (Å²) in [5.74, 6) is 1.98. The van der Waals surface area contributed by atoms with E-state index in [1.807, 2.05) is 0 Å². The standard InChI is InChI=1S/C73H120O39/c1-24-9-14-73(98-20-24)25(2)40-35(112-73)16-32-30-8-7-28-15-29(10-12-71(28,5)31(30)11-13-72(32,40)6)101-69-61(50(88)45(83)39(105-69)23-97-63-52(90)47(85)41(79)26(3)99-63)110-70-62(111-64-51(89)43(81)33(77)21-95-64)59(46(84)37(18-75)103-70)108-65-55(93)57(34(78)22-96-65)106-68-56(94)60(109-67-54(92)49(87)44(82)36(17-74)102-67)58(38(19-76)104-68)107-66-53(91)48(86)42(80)27(4)100-66/h24-70,74-94H,7-23H2,1-6H3/t24-,25+,26+,27+,28+,29+,30-,31+,32+,33-,34+,35+,36-,37-,38-,39-,40+,41+,42+,43+,44-,45+,46-,47-,48-,49+,50+,51-,52-,53-,54-,55-,56-,57+,58-,59+,60-,61-,62-,63-,64+,65+,66+,67+,68+,69-,70+,71+,72+,73-/m1/s1. The van der Waals surface area contributed by atoms with Crippen LogP contribution in [0.5, 0.6) is 0 Å². The maximum atomic E-state index is 12.6. The minimum atomic E-state index is -2.29. The summed E-state index contributed by atoms with van der Waals surface area (Å²) in [6.45, 7) is 7.68. The minimum absolute atomic E-state index is 0.0672. The Bertz CT molecular complexity index is 3040. The van der Waals surface area contributed by atoms with E-state index in [1.54, 1.807) is 0 Å². The largest absolute Gasteiger partial charge is 0.394 e. The maximum absolute atomic E-state index is 12.6. The highest BCUT2D eigenvalue weighted by Gasteiger charge is 2.70. The molecule has 50 atom stereocenters. The summed E-state index contributed by atoms with van der Waals surface area (Å²) in [5.41, 5.74) is -0.0494. The lowest BCUT2D eigenvalue weighted by molar-refractivity contribution is -0.411. The van der Waals surface area contributed by atoms with E-state index >= 15 is 0 Å². The van der Waals surface area contributed by atoms with Gasteiger partial charge in [-0.1, -0.05) is 27.7 Å². The number of fused-ring (bicyclic) bond motifs is 7. The molecule has 4 aliphatic carbocycles. The minimum Gasteiger partial charge on any atom is -0.394 e. The van der Waals surface area contributed by atoms with Gasteiger partial charge in [0.05, 0.1) is 70.7 Å². The van der Waals surface area contributed by atoms with Gasteiger partial charge in [0.25, 0.3) is 0 Å². The molecule has 0 aromatic carbocycles. The van der Waals surface area contributed by atoms with Gasteiger partial charge in [-0.15, -0.1) is 0 Å². The zero-order chi connectivity index (χ0) is 80.4. The van der Waals surface area contributed by atoms with Gasteiger partial charge in [0.15, 0.2) is 56.1 Å². The first kappa shape index (κ1) is 86.8. The van der Waals surface area contributed by atoms with Crippen molar-refractivity contribution < 1.29 is 193 Å². The Kier molecular flexibility index (Phi) is 26.9. The maximum Gasteiger partial charge on any atom is 0.187 e. The molecule has 0 amide bonds. The number of aliphatic hydroxyl groups is 21. The Hall–Kier alpha value is -1.56. The van der Waals surface area contributed by atoms with Gasteiger partial charge in [-0.2, -0.15) is 0 Å². The number of hydrogen-bond acceptors (Lipinski definition) is 39. The lowest BCUT2D eigenvalue weighted by Crippen LogP contribution is -2.69. The van der Waals surface area contributed by atoms with Crippen molar-refractivity contribution in [3.05, 3.63) is 0 Å². The Labute approximate surface area is 646 Å². The van der Waals surface area contributed by atoms with E-state index in [0.717, 1.165) is 51.4 Å². The lowest BCUT2D eigenvalue weighted by atomic mass is 9.44. The Morgan fingerprint density at radius 1 is 0.357 bits per heavy atom. The molecule has 39 nitrogen and oxygen atoms in total. The van der Waals surface area contributed by atoms with Gasteiger partial charge < -0.3 is 193 Å². The van der Waals surface area contributed by atoms with Crippen molar-refractivity contribution in [1.29, 1.82) is 0 Å². The molecule has 0 aromatic rings. The van der Waals surface area contributed by atoms with Crippen LogP contribution < -0.4 is 0 Å². The average Bonchev–Trinajstić information content (AvgIpc) is 1.52. The van der Waals surface area contributed by atoms with Crippen LogP contribution in [0, 0.1) is 52.3 Å². The molecule has 1 spiro atoms. The summed E-state index contributed by atoms with van der Waals surface area (Å²) in [6.07, 6.45) is -63.4. The zero-order valence-corrected chi connectivity index (χ0v) is 63.4. The smallest absolute Gasteiger partial charge is 0.187 e. The van der Waals surface area contributed by atoms with Gasteiger partial charge in [0.1, 0.15) is 171 Å². The topological polar surface area (TPSA) is 591 Å². The van der Waals surface area contributed by atoms with Crippen LogP contribution in [0.15, 0.2) is 0 Å². The molecule has 0 unspecified atom stereocenters. The van der Waals surface area contributed by atoms with Crippen molar-refractivity contribution in [3.63, 3.8) is 0 Å². The highest BCUT2D eigenvalue weighted by atomic mass is 16.8. The molecule has 0 radical (unpaired) electrons. The summed E-state index contributed by atoms with van der Waals surface area (Å²) >= 11 is 0. The molecule has 21 N–H and O–H groups in total. The van der Waals surface area contributed by atoms with Gasteiger partial charge in [0.2, 0.25) is 0 Å². The van der Waals surface area contributed by atoms with Crippen LogP contribution in [0.3, 0.4) is 0 Å². The fourth-order valence-electron chi connectivity index (χ4n) is 21.3. The molecule has 14 aliphatic rings. The molecule has 646 valence electrons. The van der Waals surface area contributed by atoms with Gasteiger partial charge in [-0.3, -0.25) is 0 Å². The van der Waals surface area contributed by atoms with Crippen molar-refractivity contribution in [2.45, 2.75) is 357 Å². The third-order valence-electron chi connectivity index (χ3n) is 28.0. The highest BCUT2D eigenvalue weighted by Crippen LogP contribution is 2.72. The van der Waals surface area contributed by atoms with Crippen molar-refractivity contribution in [2.24, 2.45) is 52.3 Å². The molecule has 10 saturated heterocycles. The second kappa shape index (κ2) is 34.8. The van der Waals surface area contributed by atoms with Crippen LogP contribution >= 0.6 is 0 Å². The number of rotatable bonds is 20. The monoisotopic (exact) mass is 1620 g/mol. The van der Waals surface area contributed by atoms with Crippen LogP contribution in [-0.4, -0.2) is 405 Å². The highest BCUT2D eigenvalue weighted by molar-refractivity contribution is 5.16. The average molecular weight is 1620 g/mol. The second-order valence-electron chi connectivity index (χ2n) is 34.7. The van der Waals surface area contributed by atoms with Crippen molar-refractivity contribution in [3.8, 4) is 0 Å². The van der Waals surface area contributed by atoms with Crippen molar-refractivity contribution in [1.82, 2.24) is 0 Å². The van der Waals surface area contributed by atoms with Gasteiger partial charge in [-0.05, 0) is 118 Å². The third kappa shape index (κ3) is 16.0. The number of aliphatic hydroxyl groups excluding tert-OH is 21. The zero-order valence-electron chi connectivity index (χ0n) is 63.4. The molecule has 39 heteroatoms. The summed E-state index contributed by atoms with van der Waals surface area (Å²) in [5, 5.41) is 235. The Morgan fingerprint density at radius 2 is 0.857 bits per heavy atom. The van der Waals surface area contributed by atoms with E-state index in [-0.39, 0.29) is 28.8 Å². The van der Waals surface area contributed by atoms with E-state index in [9.17, 15) is 107 Å². The molecule has 0 aromatic heterocycles. The molecule has 0 bridgehead atoms. The summed E-state index contributed by atoms with van der Waals surface area (Å²) < 4.78 is 111. The fraction of sp³-hybridized carbons (Fsp3) is 1.00. The van der Waals surface area contributed by atoms with E-state index < -0.39 is 285 Å². The van der Waals surface area contributed by atoms with Crippen LogP contribution in [0.1, 0.15) is 106 Å². The second-order valence-corrected chi connectivity index (χ2v) is 34.7. The normalized spacial score (nSPS) is 57.4. The third-order valence-corrected chi connectivity index (χ3v) is 28.0. The number of ether oxygens (including phenoxy) is 18.